The number of thiophene rings is 1. The van der Waals surface area contributed by atoms with Crippen LogP contribution in [0.5, 0.6) is 0 Å². The highest BCUT2D eigenvalue weighted by molar-refractivity contribution is 7.10. The first-order valence-electron chi connectivity index (χ1n) is 6.66. The van der Waals surface area contributed by atoms with E-state index in [2.05, 4.69) is 16.3 Å². The number of ketones is 1. The van der Waals surface area contributed by atoms with E-state index in [1.54, 1.807) is 0 Å². The van der Waals surface area contributed by atoms with Crippen molar-refractivity contribution in [1.82, 2.24) is 4.90 Å². The largest absolute Gasteiger partial charge is 0.298 e. The normalized spacial score (nSPS) is 26.6. The average Bonchev–Trinajstić information content (AvgIpc) is 2.70. The van der Waals surface area contributed by atoms with Gasteiger partial charge in [-0.15, -0.1) is 11.3 Å². The number of carbonyl (C=O) groups excluding carboxylic acids is 1. The third-order valence-corrected chi connectivity index (χ3v) is 5.07. The Bertz CT molecular complexity index is 412. The fourth-order valence-corrected chi connectivity index (χ4v) is 3.95. The number of carbonyl (C=O) groups is 1. The average molecular weight is 249 g/mol. The second-order valence-corrected chi connectivity index (χ2v) is 6.17. The van der Waals surface area contributed by atoms with E-state index in [1.165, 1.54) is 23.3 Å². The van der Waals surface area contributed by atoms with E-state index in [4.69, 9.17) is 0 Å². The SMILES string of the molecule is O=C1CCCCCC1N1CCc2sccc2C1. The Morgan fingerprint density at radius 2 is 2.18 bits per heavy atom. The Hall–Kier alpha value is -0.670. The molecule has 2 heterocycles. The molecule has 0 bridgehead atoms. The third kappa shape index (κ3) is 2.31. The van der Waals surface area contributed by atoms with Crippen molar-refractivity contribution in [2.24, 2.45) is 0 Å². The summed E-state index contributed by atoms with van der Waals surface area (Å²) < 4.78 is 0. The van der Waals surface area contributed by atoms with Gasteiger partial charge in [-0.3, -0.25) is 9.69 Å². The monoisotopic (exact) mass is 249 g/mol. The predicted octanol–water partition coefficient (Wildman–Crippen LogP) is 3.01. The van der Waals surface area contributed by atoms with Gasteiger partial charge in [-0.05, 0) is 36.3 Å². The van der Waals surface area contributed by atoms with E-state index >= 15 is 0 Å². The highest BCUT2D eigenvalue weighted by Crippen LogP contribution is 2.28. The van der Waals surface area contributed by atoms with Crippen LogP contribution in [0.1, 0.15) is 42.5 Å². The van der Waals surface area contributed by atoms with E-state index in [0.29, 0.717) is 5.78 Å². The van der Waals surface area contributed by atoms with Gasteiger partial charge >= 0.3 is 0 Å². The molecule has 1 aliphatic carbocycles. The zero-order chi connectivity index (χ0) is 11.7. The van der Waals surface area contributed by atoms with E-state index in [9.17, 15) is 4.79 Å². The molecule has 1 unspecified atom stereocenters. The van der Waals surface area contributed by atoms with Crippen molar-refractivity contribution >= 4 is 17.1 Å². The summed E-state index contributed by atoms with van der Waals surface area (Å²) in [6.07, 6.45) is 6.59. The van der Waals surface area contributed by atoms with E-state index in [0.717, 1.165) is 38.8 Å². The smallest absolute Gasteiger partial charge is 0.149 e. The molecule has 92 valence electrons. The van der Waals surface area contributed by atoms with Crippen molar-refractivity contribution in [2.45, 2.75) is 51.1 Å². The third-order valence-electron chi connectivity index (χ3n) is 4.05. The van der Waals surface area contributed by atoms with Crippen LogP contribution in [0.2, 0.25) is 0 Å². The molecule has 0 spiro atoms. The quantitative estimate of drug-likeness (QED) is 0.713. The highest BCUT2D eigenvalue weighted by atomic mass is 32.1. The lowest BCUT2D eigenvalue weighted by atomic mass is 10.0. The molecule has 0 saturated heterocycles. The lowest BCUT2D eigenvalue weighted by Crippen LogP contribution is -2.43. The van der Waals surface area contributed by atoms with Gasteiger partial charge in [-0.1, -0.05) is 12.8 Å². The molecule has 1 aromatic heterocycles. The molecular formula is C14H19NOS. The van der Waals surface area contributed by atoms with E-state index in [1.807, 2.05) is 11.3 Å². The lowest BCUT2D eigenvalue weighted by Gasteiger charge is -2.33. The summed E-state index contributed by atoms with van der Waals surface area (Å²) >= 11 is 1.87. The molecule has 2 aliphatic rings. The highest BCUT2D eigenvalue weighted by Gasteiger charge is 2.29. The van der Waals surface area contributed by atoms with Crippen molar-refractivity contribution in [3.63, 3.8) is 0 Å². The summed E-state index contributed by atoms with van der Waals surface area (Å²) in [6.45, 7) is 2.07. The second kappa shape index (κ2) is 4.91. The second-order valence-electron chi connectivity index (χ2n) is 5.17. The number of hydrogen-bond acceptors (Lipinski definition) is 3. The van der Waals surface area contributed by atoms with Crippen LogP contribution in [0.4, 0.5) is 0 Å². The molecule has 0 N–H and O–H groups in total. The Morgan fingerprint density at radius 1 is 1.24 bits per heavy atom. The zero-order valence-corrected chi connectivity index (χ0v) is 11.0. The molecule has 0 radical (unpaired) electrons. The molecule has 0 amide bonds. The number of nitrogens with zero attached hydrogens (tertiary/aromatic N) is 1. The summed E-state index contributed by atoms with van der Waals surface area (Å²) in [5.74, 6) is 0.487. The summed E-state index contributed by atoms with van der Waals surface area (Å²) in [5.41, 5.74) is 1.46. The standard InChI is InChI=1S/C14H19NOS/c16-13-5-3-1-2-4-12(13)15-8-6-14-11(10-15)7-9-17-14/h7,9,12H,1-6,8,10H2. The first-order chi connectivity index (χ1) is 8.34. The number of hydrogen-bond donors (Lipinski definition) is 0. The number of fused-ring (bicyclic) bond motifs is 1. The van der Waals surface area contributed by atoms with Crippen LogP contribution in [0, 0.1) is 0 Å². The van der Waals surface area contributed by atoms with Crippen LogP contribution in [0.15, 0.2) is 11.4 Å². The van der Waals surface area contributed by atoms with Crippen LogP contribution in [0.25, 0.3) is 0 Å². The minimum absolute atomic E-state index is 0.213. The van der Waals surface area contributed by atoms with Gasteiger partial charge in [-0.25, -0.2) is 0 Å². The van der Waals surface area contributed by atoms with Gasteiger partial charge in [0.2, 0.25) is 0 Å². The van der Waals surface area contributed by atoms with Crippen LogP contribution in [-0.2, 0) is 17.8 Å². The Balaban J connectivity index is 1.74. The molecule has 2 nitrogen and oxygen atoms in total. The molecule has 3 rings (SSSR count). The van der Waals surface area contributed by atoms with Crippen molar-refractivity contribution in [3.8, 4) is 0 Å². The summed E-state index contributed by atoms with van der Waals surface area (Å²) in [4.78, 5) is 16.1. The first kappa shape index (κ1) is 11.4. The van der Waals surface area contributed by atoms with Gasteiger partial charge in [0.15, 0.2) is 0 Å². The first-order valence-corrected chi connectivity index (χ1v) is 7.54. The van der Waals surface area contributed by atoms with E-state index < -0.39 is 0 Å². The summed E-state index contributed by atoms with van der Waals surface area (Å²) in [6, 6.07) is 2.44. The topological polar surface area (TPSA) is 20.3 Å². The van der Waals surface area contributed by atoms with Crippen molar-refractivity contribution in [1.29, 1.82) is 0 Å². The van der Waals surface area contributed by atoms with Gasteiger partial charge in [0.1, 0.15) is 5.78 Å². The maximum atomic E-state index is 12.1. The Labute approximate surface area is 107 Å². The maximum Gasteiger partial charge on any atom is 0.149 e. The molecule has 0 aromatic carbocycles. The zero-order valence-electron chi connectivity index (χ0n) is 10.2. The van der Waals surface area contributed by atoms with Crippen molar-refractivity contribution in [3.05, 3.63) is 21.9 Å². The molecule has 1 saturated carbocycles. The van der Waals surface area contributed by atoms with Crippen LogP contribution in [0.3, 0.4) is 0 Å². The fourth-order valence-electron chi connectivity index (χ4n) is 3.06. The van der Waals surface area contributed by atoms with Crippen molar-refractivity contribution in [2.75, 3.05) is 6.54 Å². The Morgan fingerprint density at radius 3 is 3.12 bits per heavy atom. The van der Waals surface area contributed by atoms with Gasteiger partial charge in [0, 0.05) is 24.4 Å². The molecule has 1 atom stereocenters. The van der Waals surface area contributed by atoms with Crippen molar-refractivity contribution < 1.29 is 4.79 Å². The van der Waals surface area contributed by atoms with Gasteiger partial charge in [-0.2, -0.15) is 0 Å². The molecule has 1 fully saturated rings. The minimum Gasteiger partial charge on any atom is -0.298 e. The Kier molecular flexibility index (Phi) is 3.30. The minimum atomic E-state index is 0.213. The van der Waals surface area contributed by atoms with Crippen LogP contribution >= 0.6 is 11.3 Å². The summed E-state index contributed by atoms with van der Waals surface area (Å²) in [5, 5.41) is 2.18. The molecular weight excluding hydrogens is 230 g/mol. The molecule has 1 aromatic rings. The van der Waals surface area contributed by atoms with Gasteiger partial charge in [0.05, 0.1) is 6.04 Å². The van der Waals surface area contributed by atoms with E-state index in [-0.39, 0.29) is 6.04 Å². The molecule has 3 heteroatoms. The molecule has 1 aliphatic heterocycles. The summed E-state index contributed by atoms with van der Waals surface area (Å²) in [7, 11) is 0. The predicted molar refractivity (Wildman–Crippen MR) is 70.3 cm³/mol. The van der Waals surface area contributed by atoms with Gasteiger partial charge < -0.3 is 0 Å². The van der Waals surface area contributed by atoms with Crippen LogP contribution in [-0.4, -0.2) is 23.3 Å². The maximum absolute atomic E-state index is 12.1. The number of Topliss-reactive ketones (excluding diaryl/α,β-unsaturated/α-hetero) is 1. The van der Waals surface area contributed by atoms with Crippen LogP contribution < -0.4 is 0 Å². The molecule has 17 heavy (non-hydrogen) atoms. The number of rotatable bonds is 1. The lowest BCUT2D eigenvalue weighted by molar-refractivity contribution is -0.124. The van der Waals surface area contributed by atoms with Gasteiger partial charge in [0.25, 0.3) is 0 Å². The fraction of sp³-hybridized carbons (Fsp3) is 0.643.